The SMILES string of the molecule is CC(C)c1cc(C(F)(F)F)n(CC(=O)N[C@@H](Cc2cc(F)cc(F)c2)c2ncccc2-c2ccc(F)c(C(N)=O)c2)n1. The van der Waals surface area contributed by atoms with Crippen LogP contribution < -0.4 is 11.1 Å². The molecular formula is C29H25F6N5O2. The molecule has 0 saturated carbocycles. The molecule has 13 heteroatoms. The number of benzene rings is 2. The number of carbonyl (C=O) groups excluding carboxylic acids is 2. The molecule has 0 aliphatic heterocycles. The molecule has 0 saturated heterocycles. The van der Waals surface area contributed by atoms with Crippen molar-refractivity contribution in [3.05, 3.63) is 106 Å². The van der Waals surface area contributed by atoms with Gasteiger partial charge in [0.1, 0.15) is 29.7 Å². The van der Waals surface area contributed by atoms with Crippen LogP contribution in [0, 0.1) is 17.5 Å². The van der Waals surface area contributed by atoms with Crippen LogP contribution in [0.3, 0.4) is 0 Å². The molecule has 0 radical (unpaired) electrons. The van der Waals surface area contributed by atoms with E-state index >= 15 is 0 Å². The molecule has 2 aromatic carbocycles. The summed E-state index contributed by atoms with van der Waals surface area (Å²) < 4.78 is 83.8. The summed E-state index contributed by atoms with van der Waals surface area (Å²) in [5.41, 5.74) is 4.73. The third-order valence-electron chi connectivity index (χ3n) is 6.38. The predicted octanol–water partition coefficient (Wildman–Crippen LogP) is 5.70. The first-order valence-electron chi connectivity index (χ1n) is 12.7. The first-order chi connectivity index (χ1) is 19.7. The summed E-state index contributed by atoms with van der Waals surface area (Å²) in [4.78, 5) is 29.3. The Morgan fingerprint density at radius 1 is 1.00 bits per heavy atom. The lowest BCUT2D eigenvalue weighted by molar-refractivity contribution is -0.144. The Labute approximate surface area is 236 Å². The summed E-state index contributed by atoms with van der Waals surface area (Å²) in [6.45, 7) is 2.49. The summed E-state index contributed by atoms with van der Waals surface area (Å²) in [5.74, 6) is -4.89. The number of primary amides is 1. The molecule has 4 aromatic rings. The van der Waals surface area contributed by atoms with Crippen molar-refractivity contribution < 1.29 is 35.9 Å². The van der Waals surface area contributed by atoms with E-state index in [0.717, 1.165) is 24.3 Å². The highest BCUT2D eigenvalue weighted by atomic mass is 19.4. The van der Waals surface area contributed by atoms with Gasteiger partial charge >= 0.3 is 6.18 Å². The smallest absolute Gasteiger partial charge is 0.366 e. The Balaban J connectivity index is 1.75. The van der Waals surface area contributed by atoms with Crippen LogP contribution in [0.15, 0.2) is 60.8 Å². The maximum Gasteiger partial charge on any atom is 0.433 e. The molecule has 0 aliphatic rings. The summed E-state index contributed by atoms with van der Waals surface area (Å²) in [7, 11) is 0. The molecule has 3 N–H and O–H groups in total. The van der Waals surface area contributed by atoms with Crippen LogP contribution in [0.1, 0.15) is 58.8 Å². The third kappa shape index (κ3) is 6.96. The zero-order chi connectivity index (χ0) is 30.8. The van der Waals surface area contributed by atoms with Crippen LogP contribution in [0.2, 0.25) is 0 Å². The lowest BCUT2D eigenvalue weighted by atomic mass is 9.94. The molecule has 42 heavy (non-hydrogen) atoms. The van der Waals surface area contributed by atoms with Gasteiger partial charge in [-0.25, -0.2) is 13.2 Å². The average molecular weight is 590 g/mol. The van der Waals surface area contributed by atoms with Crippen LogP contribution >= 0.6 is 0 Å². The number of amides is 2. The molecular weight excluding hydrogens is 564 g/mol. The maximum atomic E-state index is 14.2. The summed E-state index contributed by atoms with van der Waals surface area (Å²) in [5, 5.41) is 6.55. The van der Waals surface area contributed by atoms with Gasteiger partial charge in [0.25, 0.3) is 5.91 Å². The van der Waals surface area contributed by atoms with E-state index < -0.39 is 59.3 Å². The number of alkyl halides is 3. The van der Waals surface area contributed by atoms with Gasteiger partial charge in [-0.05, 0) is 59.9 Å². The van der Waals surface area contributed by atoms with Crippen LogP contribution in [0.5, 0.6) is 0 Å². The molecule has 0 spiro atoms. The number of carbonyl (C=O) groups is 2. The number of nitrogens with zero attached hydrogens (tertiary/aromatic N) is 3. The molecule has 7 nitrogen and oxygen atoms in total. The van der Waals surface area contributed by atoms with Crippen molar-refractivity contribution in [3.63, 3.8) is 0 Å². The lowest BCUT2D eigenvalue weighted by Gasteiger charge is -2.22. The Morgan fingerprint density at radius 3 is 2.31 bits per heavy atom. The maximum absolute atomic E-state index is 14.2. The molecule has 2 heterocycles. The average Bonchev–Trinajstić information content (AvgIpc) is 3.33. The predicted molar refractivity (Wildman–Crippen MR) is 140 cm³/mol. The van der Waals surface area contributed by atoms with E-state index in [2.05, 4.69) is 15.4 Å². The minimum atomic E-state index is -4.78. The Kier molecular flexibility index (Phi) is 8.69. The van der Waals surface area contributed by atoms with E-state index in [9.17, 15) is 35.9 Å². The highest BCUT2D eigenvalue weighted by molar-refractivity contribution is 5.94. The number of nitrogens with two attached hydrogens (primary N) is 1. The molecule has 0 unspecified atom stereocenters. The van der Waals surface area contributed by atoms with Gasteiger partial charge in [0.15, 0.2) is 0 Å². The normalized spacial score (nSPS) is 12.4. The minimum absolute atomic E-state index is 0.114. The molecule has 2 amide bonds. The second kappa shape index (κ2) is 12.0. The number of hydrogen-bond acceptors (Lipinski definition) is 4. The van der Waals surface area contributed by atoms with E-state index in [1.807, 2.05) is 0 Å². The number of halogens is 6. The van der Waals surface area contributed by atoms with Crippen LogP contribution in [-0.4, -0.2) is 26.6 Å². The van der Waals surface area contributed by atoms with Crippen molar-refractivity contribution in [1.29, 1.82) is 0 Å². The fourth-order valence-corrected chi connectivity index (χ4v) is 4.45. The number of pyridine rings is 1. The van der Waals surface area contributed by atoms with Crippen molar-refractivity contribution in [3.8, 4) is 11.1 Å². The van der Waals surface area contributed by atoms with Crippen LogP contribution in [0.25, 0.3) is 11.1 Å². The summed E-state index contributed by atoms with van der Waals surface area (Å²) >= 11 is 0. The van der Waals surface area contributed by atoms with Gasteiger partial charge in [0, 0.05) is 17.8 Å². The van der Waals surface area contributed by atoms with E-state index in [1.165, 1.54) is 24.4 Å². The number of rotatable bonds is 9. The Morgan fingerprint density at radius 2 is 1.69 bits per heavy atom. The second-order valence-corrected chi connectivity index (χ2v) is 9.86. The van der Waals surface area contributed by atoms with Crippen molar-refractivity contribution in [1.82, 2.24) is 20.1 Å². The van der Waals surface area contributed by atoms with E-state index in [1.54, 1.807) is 19.9 Å². The van der Waals surface area contributed by atoms with E-state index in [4.69, 9.17) is 5.73 Å². The van der Waals surface area contributed by atoms with Crippen molar-refractivity contribution >= 4 is 11.8 Å². The molecule has 0 bridgehead atoms. The number of aromatic nitrogens is 3. The number of hydrogen-bond donors (Lipinski definition) is 2. The van der Waals surface area contributed by atoms with Gasteiger partial charge in [-0.15, -0.1) is 0 Å². The van der Waals surface area contributed by atoms with Crippen molar-refractivity contribution in [2.75, 3.05) is 0 Å². The molecule has 1 atom stereocenters. The van der Waals surface area contributed by atoms with Gasteiger partial charge < -0.3 is 11.1 Å². The Bertz CT molecular complexity index is 1610. The molecule has 220 valence electrons. The first-order valence-corrected chi connectivity index (χ1v) is 12.7. The fourth-order valence-electron chi connectivity index (χ4n) is 4.45. The summed E-state index contributed by atoms with van der Waals surface area (Å²) in [6, 6.07) is 9.10. The van der Waals surface area contributed by atoms with Gasteiger partial charge in [0.2, 0.25) is 5.91 Å². The van der Waals surface area contributed by atoms with Crippen LogP contribution in [0.4, 0.5) is 26.3 Å². The zero-order valence-corrected chi connectivity index (χ0v) is 22.3. The van der Waals surface area contributed by atoms with Crippen molar-refractivity contribution in [2.45, 2.75) is 44.9 Å². The lowest BCUT2D eigenvalue weighted by Crippen LogP contribution is -2.34. The molecule has 4 rings (SSSR count). The second-order valence-electron chi connectivity index (χ2n) is 9.86. The summed E-state index contributed by atoms with van der Waals surface area (Å²) in [6.07, 6.45) is -3.64. The topological polar surface area (TPSA) is 103 Å². The minimum Gasteiger partial charge on any atom is -0.366 e. The van der Waals surface area contributed by atoms with Gasteiger partial charge in [-0.3, -0.25) is 19.3 Å². The van der Waals surface area contributed by atoms with Crippen molar-refractivity contribution in [2.24, 2.45) is 5.73 Å². The van der Waals surface area contributed by atoms with Gasteiger partial charge in [0.05, 0.1) is 23.0 Å². The first kappa shape index (κ1) is 30.3. The van der Waals surface area contributed by atoms with Crippen LogP contribution in [-0.2, 0) is 23.9 Å². The molecule has 0 fully saturated rings. The third-order valence-corrected chi connectivity index (χ3v) is 6.38. The molecule has 2 aromatic heterocycles. The standard InChI is InChI=1S/C29H25F6N5O2/c1-15(2)23-13-25(29(33,34)35)40(39-23)14-26(41)38-24(10-16-8-18(30)12-19(31)9-16)27-20(4-3-7-37-27)17-5-6-22(32)21(11-17)28(36)42/h3-9,11-13,15,24H,10,14H2,1-2H3,(H2,36,42)(H,38,41)/t24-/m0/s1. The number of nitrogens with one attached hydrogen (secondary N) is 1. The highest BCUT2D eigenvalue weighted by Gasteiger charge is 2.36. The Hall–Kier alpha value is -4.68. The molecule has 0 aliphatic carbocycles. The van der Waals surface area contributed by atoms with E-state index in [0.29, 0.717) is 16.3 Å². The van der Waals surface area contributed by atoms with Gasteiger partial charge in [-0.1, -0.05) is 26.0 Å². The zero-order valence-electron chi connectivity index (χ0n) is 22.3. The quantitative estimate of drug-likeness (QED) is 0.245. The fraction of sp³-hybridized carbons (Fsp3) is 0.241. The van der Waals surface area contributed by atoms with Gasteiger partial charge in [-0.2, -0.15) is 18.3 Å². The largest absolute Gasteiger partial charge is 0.433 e. The monoisotopic (exact) mass is 589 g/mol. The van der Waals surface area contributed by atoms with E-state index in [-0.39, 0.29) is 34.9 Å². The highest BCUT2D eigenvalue weighted by Crippen LogP contribution is 2.32.